The fourth-order valence-electron chi connectivity index (χ4n) is 2.72. The minimum absolute atomic E-state index is 0.124. The Morgan fingerprint density at radius 1 is 1.56 bits per heavy atom. The van der Waals surface area contributed by atoms with Gasteiger partial charge in [0.15, 0.2) is 0 Å². The highest BCUT2D eigenvalue weighted by molar-refractivity contribution is 5.09. The molecule has 3 nitrogen and oxygen atoms in total. The molecule has 0 amide bonds. The Morgan fingerprint density at radius 2 is 2.28 bits per heavy atom. The van der Waals surface area contributed by atoms with Crippen molar-refractivity contribution < 1.29 is 18.3 Å². The van der Waals surface area contributed by atoms with Gasteiger partial charge in [-0.2, -0.15) is 18.3 Å². The van der Waals surface area contributed by atoms with E-state index >= 15 is 0 Å². The smallest absolute Gasteiger partial charge is 0.390 e. The van der Waals surface area contributed by atoms with Gasteiger partial charge in [-0.1, -0.05) is 0 Å². The van der Waals surface area contributed by atoms with Gasteiger partial charge in [0.2, 0.25) is 0 Å². The summed E-state index contributed by atoms with van der Waals surface area (Å²) in [5.74, 6) is -1.38. The normalized spacial score (nSPS) is 29.5. The molecule has 1 heterocycles. The largest absolute Gasteiger partial charge is 0.391 e. The summed E-state index contributed by atoms with van der Waals surface area (Å²) in [6.07, 6.45) is 0.126. The van der Waals surface area contributed by atoms with Crippen molar-refractivity contribution >= 4 is 0 Å². The number of rotatable bonds is 2. The summed E-state index contributed by atoms with van der Waals surface area (Å²) in [5, 5.41) is 14.3. The van der Waals surface area contributed by atoms with E-state index in [1.807, 2.05) is 0 Å². The lowest BCUT2D eigenvalue weighted by molar-refractivity contribution is -0.200. The van der Waals surface area contributed by atoms with Crippen LogP contribution < -0.4 is 0 Å². The van der Waals surface area contributed by atoms with Gasteiger partial charge in [0.25, 0.3) is 0 Å². The van der Waals surface area contributed by atoms with Gasteiger partial charge >= 0.3 is 6.18 Å². The Kier molecular flexibility index (Phi) is 3.40. The van der Waals surface area contributed by atoms with E-state index in [0.717, 1.165) is 5.56 Å². The maximum atomic E-state index is 12.7. The van der Waals surface area contributed by atoms with Crippen LogP contribution in [0.5, 0.6) is 0 Å². The number of aliphatic hydroxyl groups is 1. The third kappa shape index (κ3) is 3.04. The summed E-state index contributed by atoms with van der Waals surface area (Å²) in [7, 11) is 1.74. The second-order valence-electron chi connectivity index (χ2n) is 5.26. The summed E-state index contributed by atoms with van der Waals surface area (Å²) in [6, 6.07) is 0. The molecular formula is C12H17F3N2O. The molecule has 1 aromatic rings. The average Bonchev–Trinajstić information content (AvgIpc) is 2.62. The first-order valence-corrected chi connectivity index (χ1v) is 6.05. The van der Waals surface area contributed by atoms with Crippen molar-refractivity contribution in [3.63, 3.8) is 0 Å². The van der Waals surface area contributed by atoms with Gasteiger partial charge in [-0.25, -0.2) is 0 Å². The lowest BCUT2D eigenvalue weighted by Crippen LogP contribution is -2.41. The zero-order chi connectivity index (χ0) is 13.4. The van der Waals surface area contributed by atoms with Crippen LogP contribution in [0.4, 0.5) is 13.2 Å². The van der Waals surface area contributed by atoms with Gasteiger partial charge in [0.05, 0.1) is 17.7 Å². The van der Waals surface area contributed by atoms with E-state index in [2.05, 4.69) is 5.10 Å². The Bertz CT molecular complexity index is 416. The predicted octanol–water partition coefficient (Wildman–Crippen LogP) is 2.45. The Labute approximate surface area is 104 Å². The molecule has 0 radical (unpaired) electrons. The van der Waals surface area contributed by atoms with Crippen molar-refractivity contribution in [1.29, 1.82) is 0 Å². The van der Waals surface area contributed by atoms with Gasteiger partial charge in [0.1, 0.15) is 0 Å². The third-order valence-corrected chi connectivity index (χ3v) is 3.58. The lowest BCUT2D eigenvalue weighted by Gasteiger charge is -2.37. The van der Waals surface area contributed by atoms with E-state index in [4.69, 9.17) is 0 Å². The second kappa shape index (κ2) is 4.57. The highest BCUT2D eigenvalue weighted by Crippen LogP contribution is 2.42. The molecule has 102 valence electrons. The molecule has 2 atom stereocenters. The predicted molar refractivity (Wildman–Crippen MR) is 59.9 cm³/mol. The monoisotopic (exact) mass is 262 g/mol. The number of hydrogen-bond donors (Lipinski definition) is 1. The minimum atomic E-state index is -4.21. The maximum Gasteiger partial charge on any atom is 0.391 e. The maximum absolute atomic E-state index is 12.7. The molecule has 1 N–H and O–H groups in total. The first kappa shape index (κ1) is 13.4. The Morgan fingerprint density at radius 3 is 2.83 bits per heavy atom. The van der Waals surface area contributed by atoms with Gasteiger partial charge in [-0.3, -0.25) is 4.68 Å². The van der Waals surface area contributed by atoms with Crippen molar-refractivity contribution in [3.05, 3.63) is 18.0 Å². The average molecular weight is 262 g/mol. The van der Waals surface area contributed by atoms with Crippen LogP contribution in [0.3, 0.4) is 0 Å². The Hall–Kier alpha value is -1.04. The van der Waals surface area contributed by atoms with Gasteiger partial charge in [-0.15, -0.1) is 0 Å². The van der Waals surface area contributed by atoms with Crippen molar-refractivity contribution in [3.8, 4) is 0 Å². The molecule has 0 saturated heterocycles. The standard InChI is InChI=1S/C12H17F3N2O/c1-17-8-9(7-16-17)5-11(18)4-2-3-10(6-11)12(13,14)15/h7-8,10,18H,2-6H2,1H3. The molecule has 0 aliphatic heterocycles. The van der Waals surface area contributed by atoms with Crippen LogP contribution in [0.2, 0.25) is 0 Å². The van der Waals surface area contributed by atoms with Crippen molar-refractivity contribution in [2.45, 2.75) is 43.9 Å². The Balaban J connectivity index is 2.06. The van der Waals surface area contributed by atoms with Crippen LogP contribution in [0.15, 0.2) is 12.4 Å². The van der Waals surface area contributed by atoms with E-state index < -0.39 is 17.7 Å². The van der Waals surface area contributed by atoms with E-state index in [1.165, 1.54) is 0 Å². The first-order valence-electron chi connectivity index (χ1n) is 6.05. The lowest BCUT2D eigenvalue weighted by atomic mass is 9.75. The summed E-state index contributed by atoms with van der Waals surface area (Å²) >= 11 is 0. The van der Waals surface area contributed by atoms with Crippen LogP contribution in [-0.4, -0.2) is 26.7 Å². The quantitative estimate of drug-likeness (QED) is 0.889. The molecule has 0 bridgehead atoms. The molecule has 1 aliphatic rings. The fraction of sp³-hybridized carbons (Fsp3) is 0.750. The van der Waals surface area contributed by atoms with E-state index in [0.29, 0.717) is 12.8 Å². The van der Waals surface area contributed by atoms with Crippen molar-refractivity contribution in [2.75, 3.05) is 0 Å². The summed E-state index contributed by atoms with van der Waals surface area (Å²) < 4.78 is 39.7. The fourth-order valence-corrected chi connectivity index (χ4v) is 2.72. The molecule has 0 aromatic carbocycles. The molecule has 1 aliphatic carbocycles. The third-order valence-electron chi connectivity index (χ3n) is 3.58. The summed E-state index contributed by atoms with van der Waals surface area (Å²) in [6.45, 7) is 0. The molecular weight excluding hydrogens is 245 g/mol. The van der Waals surface area contributed by atoms with Crippen LogP contribution in [0, 0.1) is 5.92 Å². The molecule has 0 spiro atoms. The number of halogens is 3. The highest BCUT2D eigenvalue weighted by Gasteiger charge is 2.46. The van der Waals surface area contributed by atoms with E-state index in [1.54, 1.807) is 24.1 Å². The number of hydrogen-bond acceptors (Lipinski definition) is 2. The molecule has 2 rings (SSSR count). The van der Waals surface area contributed by atoms with Crippen LogP contribution >= 0.6 is 0 Å². The van der Waals surface area contributed by atoms with E-state index in [9.17, 15) is 18.3 Å². The van der Waals surface area contributed by atoms with Crippen LogP contribution in [-0.2, 0) is 13.5 Å². The van der Waals surface area contributed by atoms with E-state index in [-0.39, 0.29) is 19.3 Å². The molecule has 2 unspecified atom stereocenters. The minimum Gasteiger partial charge on any atom is -0.390 e. The van der Waals surface area contributed by atoms with Gasteiger partial charge in [0, 0.05) is 19.7 Å². The number of aromatic nitrogens is 2. The van der Waals surface area contributed by atoms with Gasteiger partial charge < -0.3 is 5.11 Å². The summed E-state index contributed by atoms with van der Waals surface area (Å²) in [5.41, 5.74) is -0.468. The zero-order valence-electron chi connectivity index (χ0n) is 10.2. The SMILES string of the molecule is Cn1cc(CC2(O)CCCC(C(F)(F)F)C2)cn1. The first-order chi connectivity index (χ1) is 8.28. The second-order valence-corrected chi connectivity index (χ2v) is 5.26. The van der Waals surface area contributed by atoms with Crippen LogP contribution in [0.25, 0.3) is 0 Å². The van der Waals surface area contributed by atoms with Gasteiger partial charge in [-0.05, 0) is 31.2 Å². The zero-order valence-corrected chi connectivity index (χ0v) is 10.2. The van der Waals surface area contributed by atoms with Crippen molar-refractivity contribution in [2.24, 2.45) is 13.0 Å². The number of nitrogens with zero attached hydrogens (tertiary/aromatic N) is 2. The topological polar surface area (TPSA) is 38.0 Å². The van der Waals surface area contributed by atoms with Crippen molar-refractivity contribution in [1.82, 2.24) is 9.78 Å². The molecule has 1 aromatic heterocycles. The molecule has 6 heteroatoms. The molecule has 18 heavy (non-hydrogen) atoms. The van der Waals surface area contributed by atoms with Crippen LogP contribution in [0.1, 0.15) is 31.2 Å². The molecule has 1 fully saturated rings. The number of aryl methyl sites for hydroxylation is 1. The molecule has 1 saturated carbocycles. The number of alkyl halides is 3. The summed E-state index contributed by atoms with van der Waals surface area (Å²) in [4.78, 5) is 0. The highest BCUT2D eigenvalue weighted by atomic mass is 19.4.